The average Bonchev–Trinajstić information content (AvgIpc) is 3.65. The van der Waals surface area contributed by atoms with Crippen molar-refractivity contribution < 1.29 is 19.0 Å². The zero-order valence-corrected chi connectivity index (χ0v) is 19.8. The van der Waals surface area contributed by atoms with Gasteiger partial charge in [-0.25, -0.2) is 14.4 Å². The van der Waals surface area contributed by atoms with Crippen molar-refractivity contribution in [2.24, 2.45) is 0 Å². The van der Waals surface area contributed by atoms with E-state index in [2.05, 4.69) is 20.6 Å². The van der Waals surface area contributed by atoms with Crippen molar-refractivity contribution in [2.75, 3.05) is 17.2 Å². The molecule has 3 N–H and O–H groups in total. The molecule has 1 fully saturated rings. The molecule has 1 aliphatic rings. The Hall–Kier alpha value is -4.11. The van der Waals surface area contributed by atoms with Crippen LogP contribution in [0.3, 0.4) is 0 Å². The number of hydrogen-bond acceptors (Lipinski definition) is 7. The second-order valence-corrected chi connectivity index (χ2v) is 8.81. The van der Waals surface area contributed by atoms with Crippen LogP contribution in [0.4, 0.5) is 16.0 Å². The van der Waals surface area contributed by atoms with E-state index in [0.29, 0.717) is 60.2 Å². The summed E-state index contributed by atoms with van der Waals surface area (Å²) in [5, 5.41) is 15.8. The van der Waals surface area contributed by atoms with Crippen LogP contribution in [0.1, 0.15) is 31.7 Å². The molecule has 4 aromatic rings. The molecule has 2 aromatic heterocycles. The number of rotatable bonds is 9. The van der Waals surface area contributed by atoms with Crippen molar-refractivity contribution in [2.45, 2.75) is 38.3 Å². The molecule has 1 saturated carbocycles. The van der Waals surface area contributed by atoms with Crippen molar-refractivity contribution >= 4 is 28.6 Å². The number of aliphatic hydroxyl groups is 1. The average molecular weight is 488 g/mol. The quantitative estimate of drug-likeness (QED) is 0.314. The summed E-state index contributed by atoms with van der Waals surface area (Å²) in [5.74, 6) is 0.114. The van der Waals surface area contributed by atoms with Crippen LogP contribution in [0.15, 0.2) is 60.7 Å². The van der Waals surface area contributed by atoms with Crippen LogP contribution in [0, 0.1) is 5.82 Å². The Morgan fingerprint density at radius 3 is 2.47 bits per heavy atom. The van der Waals surface area contributed by atoms with E-state index in [1.54, 1.807) is 24.3 Å². The van der Waals surface area contributed by atoms with Gasteiger partial charge in [0.15, 0.2) is 5.52 Å². The molecular weight excluding hydrogens is 461 g/mol. The van der Waals surface area contributed by atoms with E-state index in [9.17, 15) is 14.3 Å². The molecule has 9 heteroatoms. The molecular formula is C27H26FN5O3. The summed E-state index contributed by atoms with van der Waals surface area (Å²) >= 11 is 0. The summed E-state index contributed by atoms with van der Waals surface area (Å²) in [7, 11) is 0. The number of carbonyl (C=O) groups excluding carboxylic acids is 1. The highest BCUT2D eigenvalue weighted by Gasteiger charge is 2.48. The van der Waals surface area contributed by atoms with Gasteiger partial charge in [0.2, 0.25) is 11.8 Å². The predicted octanol–water partition coefficient (Wildman–Crippen LogP) is 4.70. The van der Waals surface area contributed by atoms with Gasteiger partial charge in [-0.3, -0.25) is 4.79 Å². The number of aromatic nitrogens is 3. The lowest BCUT2D eigenvalue weighted by Gasteiger charge is -2.12. The molecule has 0 saturated heterocycles. The Labute approximate surface area is 207 Å². The molecule has 5 rings (SSSR count). The Balaban J connectivity index is 1.38. The van der Waals surface area contributed by atoms with Crippen molar-refractivity contribution in [1.82, 2.24) is 15.0 Å². The number of amides is 1. The second kappa shape index (κ2) is 9.87. The molecule has 0 aliphatic heterocycles. The number of nitrogens with one attached hydrogen (secondary N) is 2. The lowest BCUT2D eigenvalue weighted by molar-refractivity contribution is -0.125. The van der Waals surface area contributed by atoms with Gasteiger partial charge < -0.3 is 20.5 Å². The Morgan fingerprint density at radius 2 is 1.78 bits per heavy atom. The lowest BCUT2D eigenvalue weighted by atomic mass is 10.1. The van der Waals surface area contributed by atoms with E-state index in [4.69, 9.17) is 9.72 Å². The summed E-state index contributed by atoms with van der Waals surface area (Å²) in [5.41, 5.74) is 3.01. The first-order valence-electron chi connectivity index (χ1n) is 11.9. The van der Waals surface area contributed by atoms with E-state index in [-0.39, 0.29) is 11.7 Å². The number of pyridine rings is 1. The third-order valence-electron chi connectivity index (χ3n) is 5.90. The van der Waals surface area contributed by atoms with Crippen LogP contribution in [0.5, 0.6) is 5.88 Å². The van der Waals surface area contributed by atoms with Crippen LogP contribution in [0.25, 0.3) is 22.3 Å². The summed E-state index contributed by atoms with van der Waals surface area (Å²) in [6.45, 7) is 2.93. The number of halogens is 1. The lowest BCUT2D eigenvalue weighted by Crippen LogP contribution is -2.29. The number of benzene rings is 2. The van der Waals surface area contributed by atoms with Crippen molar-refractivity contribution in [3.8, 4) is 17.1 Å². The van der Waals surface area contributed by atoms with Gasteiger partial charge in [-0.05, 0) is 61.2 Å². The standard InChI is InChI=1S/C27H26FN5O3/c1-2-15-36-24-23-22(32-26(33-24)29-16-17-3-7-19(28)8-4-17)12-11-21(31-23)18-5-9-20(10-6-18)30-25(34)27(35)13-14-27/h3-12,35H,2,13-16H2,1H3,(H,30,34)(H,29,32,33). The van der Waals surface area contributed by atoms with Gasteiger partial charge in [-0.1, -0.05) is 31.2 Å². The molecule has 0 spiro atoms. The van der Waals surface area contributed by atoms with Gasteiger partial charge in [0.1, 0.15) is 11.4 Å². The van der Waals surface area contributed by atoms with Crippen molar-refractivity contribution in [1.29, 1.82) is 0 Å². The van der Waals surface area contributed by atoms with E-state index in [1.807, 2.05) is 31.2 Å². The molecule has 0 atom stereocenters. The Bertz CT molecular complexity index is 1390. The predicted molar refractivity (Wildman–Crippen MR) is 135 cm³/mol. The number of carbonyl (C=O) groups is 1. The monoisotopic (exact) mass is 487 g/mol. The van der Waals surface area contributed by atoms with E-state index < -0.39 is 5.60 Å². The van der Waals surface area contributed by atoms with Gasteiger partial charge in [-0.15, -0.1) is 0 Å². The van der Waals surface area contributed by atoms with Gasteiger partial charge in [0.25, 0.3) is 5.91 Å². The second-order valence-electron chi connectivity index (χ2n) is 8.81. The maximum atomic E-state index is 13.2. The highest BCUT2D eigenvalue weighted by atomic mass is 19.1. The Kier molecular flexibility index (Phi) is 6.47. The van der Waals surface area contributed by atoms with Gasteiger partial charge in [-0.2, -0.15) is 4.98 Å². The highest BCUT2D eigenvalue weighted by Crippen LogP contribution is 2.36. The zero-order valence-electron chi connectivity index (χ0n) is 19.8. The maximum Gasteiger partial charge on any atom is 0.256 e. The third-order valence-corrected chi connectivity index (χ3v) is 5.90. The molecule has 36 heavy (non-hydrogen) atoms. The first-order chi connectivity index (χ1) is 17.4. The normalized spacial score (nSPS) is 13.9. The fourth-order valence-electron chi connectivity index (χ4n) is 3.63. The first kappa shape index (κ1) is 23.6. The molecule has 0 radical (unpaired) electrons. The minimum absolute atomic E-state index is 0.283. The number of ether oxygens (including phenoxy) is 1. The number of nitrogens with zero attached hydrogens (tertiary/aromatic N) is 3. The molecule has 2 aromatic carbocycles. The van der Waals surface area contributed by atoms with Crippen LogP contribution < -0.4 is 15.4 Å². The zero-order chi connectivity index (χ0) is 25.1. The number of anilines is 2. The van der Waals surface area contributed by atoms with Gasteiger partial charge >= 0.3 is 0 Å². The largest absolute Gasteiger partial charge is 0.476 e. The summed E-state index contributed by atoms with van der Waals surface area (Å²) in [6.07, 6.45) is 1.80. The first-order valence-corrected chi connectivity index (χ1v) is 11.9. The highest BCUT2D eigenvalue weighted by molar-refractivity contribution is 5.99. The van der Waals surface area contributed by atoms with Gasteiger partial charge in [0.05, 0.1) is 17.8 Å². The molecule has 2 heterocycles. The van der Waals surface area contributed by atoms with Crippen molar-refractivity contribution in [3.05, 3.63) is 72.0 Å². The third kappa shape index (κ3) is 5.26. The molecule has 0 unspecified atom stereocenters. The van der Waals surface area contributed by atoms with Crippen LogP contribution in [-0.4, -0.2) is 38.2 Å². The molecule has 0 bridgehead atoms. The van der Waals surface area contributed by atoms with Gasteiger partial charge in [0, 0.05) is 17.8 Å². The summed E-state index contributed by atoms with van der Waals surface area (Å²) < 4.78 is 19.1. The summed E-state index contributed by atoms with van der Waals surface area (Å²) in [4.78, 5) is 25.9. The molecule has 1 amide bonds. The fraction of sp³-hybridized carbons (Fsp3) is 0.259. The van der Waals surface area contributed by atoms with E-state index in [0.717, 1.165) is 17.5 Å². The number of hydrogen-bond donors (Lipinski definition) is 3. The Morgan fingerprint density at radius 1 is 1.03 bits per heavy atom. The minimum atomic E-state index is -1.22. The molecule has 184 valence electrons. The topological polar surface area (TPSA) is 109 Å². The maximum absolute atomic E-state index is 13.2. The SMILES string of the molecule is CCCOc1nc(NCc2ccc(F)cc2)nc2ccc(-c3ccc(NC(=O)C4(O)CC4)cc3)nc12. The summed E-state index contributed by atoms with van der Waals surface area (Å²) in [6, 6.07) is 17.2. The van der Waals surface area contributed by atoms with E-state index >= 15 is 0 Å². The van der Waals surface area contributed by atoms with E-state index in [1.165, 1.54) is 12.1 Å². The van der Waals surface area contributed by atoms with Crippen LogP contribution >= 0.6 is 0 Å². The van der Waals surface area contributed by atoms with Crippen molar-refractivity contribution in [3.63, 3.8) is 0 Å². The molecule has 1 aliphatic carbocycles. The molecule has 8 nitrogen and oxygen atoms in total. The smallest absolute Gasteiger partial charge is 0.256 e. The minimum Gasteiger partial charge on any atom is -0.476 e. The fourth-order valence-corrected chi connectivity index (χ4v) is 3.63. The number of fused-ring (bicyclic) bond motifs is 1. The van der Waals surface area contributed by atoms with Crippen LogP contribution in [0.2, 0.25) is 0 Å². The van der Waals surface area contributed by atoms with Crippen LogP contribution in [-0.2, 0) is 11.3 Å².